The van der Waals surface area contributed by atoms with E-state index in [1.807, 2.05) is 6.20 Å². The number of nitrogens with zero attached hydrogens (tertiary/aromatic N) is 7. The molecule has 0 amide bonds. The summed E-state index contributed by atoms with van der Waals surface area (Å²) in [5.41, 5.74) is 3.96. The zero-order valence-corrected chi connectivity index (χ0v) is 20.6. The molecule has 35 heavy (non-hydrogen) atoms. The summed E-state index contributed by atoms with van der Waals surface area (Å²) < 4.78 is 14.7. The van der Waals surface area contributed by atoms with E-state index in [4.69, 9.17) is 14.6 Å². The highest BCUT2D eigenvalue weighted by Crippen LogP contribution is 2.33. The number of rotatable bonds is 6. The van der Waals surface area contributed by atoms with Gasteiger partial charge in [0.2, 0.25) is 5.88 Å². The first-order valence-electron chi connectivity index (χ1n) is 12.2. The number of methoxy groups -OCH3 is 1. The van der Waals surface area contributed by atoms with Crippen LogP contribution in [-0.4, -0.2) is 69.0 Å². The minimum absolute atomic E-state index is 0.298. The molecule has 3 aromatic rings. The van der Waals surface area contributed by atoms with E-state index < -0.39 is 0 Å². The number of pyridine rings is 1. The minimum Gasteiger partial charge on any atom is -0.480 e. The third kappa shape index (κ3) is 4.74. The number of ether oxygens (including phenoxy) is 2. The number of piperidine rings is 1. The van der Waals surface area contributed by atoms with Crippen molar-refractivity contribution in [3.8, 4) is 28.9 Å². The van der Waals surface area contributed by atoms with Crippen LogP contribution >= 0.6 is 0 Å². The Kier molecular flexibility index (Phi) is 6.70. The van der Waals surface area contributed by atoms with Gasteiger partial charge in [-0.25, -0.2) is 9.67 Å². The summed E-state index contributed by atoms with van der Waals surface area (Å²) in [5.74, 6) is 1.78. The Morgan fingerprint density at radius 3 is 2.86 bits per heavy atom. The molecule has 0 saturated carbocycles. The first-order chi connectivity index (χ1) is 17.1. The lowest BCUT2D eigenvalue weighted by Crippen LogP contribution is -2.39. The van der Waals surface area contributed by atoms with Crippen LogP contribution in [0, 0.1) is 17.2 Å². The molecular weight excluding hydrogens is 444 g/mol. The highest BCUT2D eigenvalue weighted by molar-refractivity contribution is 5.70. The molecule has 5 heterocycles. The Morgan fingerprint density at radius 1 is 1.29 bits per heavy atom. The van der Waals surface area contributed by atoms with Gasteiger partial charge in [0, 0.05) is 36.3 Å². The zero-order chi connectivity index (χ0) is 24.4. The monoisotopic (exact) mass is 476 g/mol. The van der Waals surface area contributed by atoms with Gasteiger partial charge in [-0.05, 0) is 51.8 Å². The molecule has 10 nitrogen and oxygen atoms in total. The molecule has 1 saturated heterocycles. The standard InChI is InChI=1S/C25H32N8O2/c1-17(2)31-7-4-18(5-8-31)14-32-15-20(12-29-32)23-22-6-9-35-16-28-24(22)33(30-23)21-10-19(11-26)25(34-3)27-13-21/h10,12-13,15,17-18,28H,4-9,14,16H2,1-3H3. The molecule has 0 unspecified atom stereocenters. The van der Waals surface area contributed by atoms with Gasteiger partial charge >= 0.3 is 0 Å². The lowest BCUT2D eigenvalue weighted by Gasteiger charge is -2.34. The van der Waals surface area contributed by atoms with Crippen LogP contribution in [0.15, 0.2) is 24.7 Å². The van der Waals surface area contributed by atoms with Gasteiger partial charge in [0.05, 0.1) is 31.8 Å². The summed E-state index contributed by atoms with van der Waals surface area (Å²) in [4.78, 5) is 6.85. The van der Waals surface area contributed by atoms with Crippen LogP contribution in [-0.2, 0) is 17.7 Å². The Balaban J connectivity index is 1.43. The largest absolute Gasteiger partial charge is 0.480 e. The first-order valence-corrected chi connectivity index (χ1v) is 12.2. The summed E-state index contributed by atoms with van der Waals surface area (Å²) in [6, 6.07) is 4.50. The van der Waals surface area contributed by atoms with Crippen LogP contribution in [0.4, 0.5) is 5.82 Å². The SMILES string of the molecule is COc1ncc(-n2nc(-c3cnn(CC4CCN(C(C)C)CC4)c3)c3c2NCOCC3)cc1C#N. The van der Waals surface area contributed by atoms with E-state index in [-0.39, 0.29) is 0 Å². The van der Waals surface area contributed by atoms with Crippen molar-refractivity contribution in [1.82, 2.24) is 29.4 Å². The molecule has 0 spiro atoms. The second-order valence-electron chi connectivity index (χ2n) is 9.45. The lowest BCUT2D eigenvalue weighted by molar-refractivity contribution is 0.140. The van der Waals surface area contributed by atoms with Gasteiger partial charge in [-0.3, -0.25) is 4.68 Å². The predicted octanol–water partition coefficient (Wildman–Crippen LogP) is 3.07. The van der Waals surface area contributed by atoms with Crippen molar-refractivity contribution in [2.45, 2.75) is 45.7 Å². The smallest absolute Gasteiger partial charge is 0.231 e. The molecule has 184 valence electrons. The lowest BCUT2D eigenvalue weighted by atomic mass is 9.96. The molecule has 1 N–H and O–H groups in total. The Bertz CT molecular complexity index is 1220. The van der Waals surface area contributed by atoms with E-state index in [2.05, 4.69) is 51.1 Å². The van der Waals surface area contributed by atoms with Gasteiger partial charge in [-0.2, -0.15) is 15.5 Å². The summed E-state index contributed by atoms with van der Waals surface area (Å²) in [6.45, 7) is 8.76. The number of likely N-dealkylation sites (tertiary alicyclic amines) is 1. The van der Waals surface area contributed by atoms with Gasteiger partial charge in [0.1, 0.15) is 29.9 Å². The molecule has 0 radical (unpaired) electrons. The third-order valence-electron chi connectivity index (χ3n) is 6.95. The topological polar surface area (TPSA) is 106 Å². The maximum absolute atomic E-state index is 9.52. The Morgan fingerprint density at radius 2 is 2.11 bits per heavy atom. The average molecular weight is 477 g/mol. The van der Waals surface area contributed by atoms with Crippen molar-refractivity contribution in [1.29, 1.82) is 5.26 Å². The van der Waals surface area contributed by atoms with Crippen LogP contribution in [0.2, 0.25) is 0 Å². The maximum Gasteiger partial charge on any atom is 0.231 e. The molecule has 2 aliphatic heterocycles. The van der Waals surface area contributed by atoms with Gasteiger partial charge in [-0.15, -0.1) is 0 Å². The van der Waals surface area contributed by atoms with Crippen molar-refractivity contribution >= 4 is 5.82 Å². The third-order valence-corrected chi connectivity index (χ3v) is 6.95. The van der Waals surface area contributed by atoms with Crippen LogP contribution in [0.5, 0.6) is 5.88 Å². The van der Waals surface area contributed by atoms with E-state index >= 15 is 0 Å². The number of nitrogens with one attached hydrogen (secondary N) is 1. The predicted molar refractivity (Wildman–Crippen MR) is 131 cm³/mol. The van der Waals surface area contributed by atoms with Gasteiger partial charge < -0.3 is 19.7 Å². The van der Waals surface area contributed by atoms with Crippen LogP contribution in [0.25, 0.3) is 16.9 Å². The molecule has 0 bridgehead atoms. The van der Waals surface area contributed by atoms with Gasteiger partial charge in [0.15, 0.2) is 0 Å². The Hall–Kier alpha value is -3.42. The molecule has 2 aliphatic rings. The molecule has 10 heteroatoms. The van der Waals surface area contributed by atoms with E-state index in [1.54, 1.807) is 16.9 Å². The maximum atomic E-state index is 9.52. The van der Waals surface area contributed by atoms with Gasteiger partial charge in [0.25, 0.3) is 0 Å². The molecule has 3 aromatic heterocycles. The fourth-order valence-electron chi connectivity index (χ4n) is 4.96. The van der Waals surface area contributed by atoms with Crippen molar-refractivity contribution in [3.05, 3.63) is 35.8 Å². The van der Waals surface area contributed by atoms with E-state index in [1.165, 1.54) is 20.0 Å². The summed E-state index contributed by atoms with van der Waals surface area (Å²) in [5, 5.41) is 22.5. The first kappa shape index (κ1) is 23.3. The van der Waals surface area contributed by atoms with E-state index in [0.29, 0.717) is 42.4 Å². The summed E-state index contributed by atoms with van der Waals surface area (Å²) in [7, 11) is 1.51. The van der Waals surface area contributed by atoms with E-state index in [9.17, 15) is 5.26 Å². The molecule has 0 aliphatic carbocycles. The molecule has 5 rings (SSSR count). The molecule has 0 aromatic carbocycles. The number of aromatic nitrogens is 5. The highest BCUT2D eigenvalue weighted by Gasteiger charge is 2.25. The number of nitriles is 1. The summed E-state index contributed by atoms with van der Waals surface area (Å²) >= 11 is 0. The molecule has 0 atom stereocenters. The highest BCUT2D eigenvalue weighted by atomic mass is 16.5. The fraction of sp³-hybridized carbons (Fsp3) is 0.520. The number of hydrogen-bond donors (Lipinski definition) is 1. The van der Waals surface area contributed by atoms with Crippen LogP contribution < -0.4 is 10.1 Å². The minimum atomic E-state index is 0.298. The average Bonchev–Trinajstić information content (AvgIpc) is 3.40. The normalized spacial score (nSPS) is 17.0. The number of fused-ring (bicyclic) bond motifs is 1. The van der Waals surface area contributed by atoms with Gasteiger partial charge in [-0.1, -0.05) is 0 Å². The van der Waals surface area contributed by atoms with Crippen molar-refractivity contribution in [2.24, 2.45) is 5.92 Å². The van der Waals surface area contributed by atoms with Crippen molar-refractivity contribution < 1.29 is 9.47 Å². The van der Waals surface area contributed by atoms with Crippen LogP contribution in [0.3, 0.4) is 0 Å². The van der Waals surface area contributed by atoms with Crippen LogP contribution in [0.1, 0.15) is 37.8 Å². The second kappa shape index (κ2) is 10.1. The Labute approximate surface area is 205 Å². The van der Waals surface area contributed by atoms with Crippen molar-refractivity contribution in [3.63, 3.8) is 0 Å². The fourth-order valence-corrected chi connectivity index (χ4v) is 4.96. The number of anilines is 1. The summed E-state index contributed by atoms with van der Waals surface area (Å²) in [6.07, 6.45) is 8.78. The quantitative estimate of drug-likeness (QED) is 0.579. The zero-order valence-electron chi connectivity index (χ0n) is 20.6. The molecule has 1 fully saturated rings. The van der Waals surface area contributed by atoms with Crippen molar-refractivity contribution in [2.75, 3.05) is 38.9 Å². The second-order valence-corrected chi connectivity index (χ2v) is 9.45. The van der Waals surface area contributed by atoms with E-state index in [0.717, 1.165) is 48.7 Å². The molecular formula is C25H32N8O2. The number of hydrogen-bond acceptors (Lipinski definition) is 8.